The highest BCUT2D eigenvalue weighted by Crippen LogP contribution is 2.06. The molecule has 0 heterocycles. The predicted octanol–water partition coefficient (Wildman–Crippen LogP) is -0.590. The maximum atomic E-state index is 12.7. The van der Waals surface area contributed by atoms with Gasteiger partial charge in [0, 0.05) is 12.2 Å². The van der Waals surface area contributed by atoms with Crippen molar-refractivity contribution in [3.8, 4) is 0 Å². The third kappa shape index (κ3) is 9.51. The van der Waals surface area contributed by atoms with Crippen molar-refractivity contribution in [2.45, 2.75) is 31.0 Å². The lowest BCUT2D eigenvalue weighted by Gasteiger charge is -2.22. The normalized spacial score (nSPS) is 13.6. The van der Waals surface area contributed by atoms with E-state index in [2.05, 4.69) is 28.6 Å². The maximum absolute atomic E-state index is 12.7. The number of carboxylic acids is 1. The molecular formula is C19H28N4O5S2. The second-order valence-corrected chi connectivity index (χ2v) is 7.85. The molecule has 30 heavy (non-hydrogen) atoms. The number of nitrogens with two attached hydrogens (primary N) is 1. The van der Waals surface area contributed by atoms with E-state index in [4.69, 9.17) is 5.73 Å². The van der Waals surface area contributed by atoms with E-state index in [1.165, 1.54) is 11.8 Å². The summed E-state index contributed by atoms with van der Waals surface area (Å²) in [6, 6.07) is 6.08. The van der Waals surface area contributed by atoms with Crippen LogP contribution in [0.4, 0.5) is 0 Å². The Morgan fingerprint density at radius 2 is 1.77 bits per heavy atom. The molecule has 0 bridgehead atoms. The molecule has 0 aliphatic heterocycles. The molecule has 0 aliphatic rings. The fourth-order valence-electron chi connectivity index (χ4n) is 2.45. The molecule has 0 radical (unpaired) electrons. The molecule has 0 saturated carbocycles. The average molecular weight is 457 g/mol. The standard InChI is InChI=1S/C19H28N4O5S2/c1-30-8-7-14(19(27)28)23-18(26)15(9-12-5-3-2-4-6-12)22-16(24)10-21-17(25)13(20)11-29/h2-6,13-15,29H,7-11,20H2,1H3,(H,21,25)(H,22,24)(H,23,26)(H,27,28). The van der Waals surface area contributed by atoms with E-state index in [0.717, 1.165) is 5.56 Å². The topological polar surface area (TPSA) is 151 Å². The average Bonchev–Trinajstić information content (AvgIpc) is 2.74. The van der Waals surface area contributed by atoms with Crippen LogP contribution in [0, 0.1) is 0 Å². The van der Waals surface area contributed by atoms with Gasteiger partial charge < -0.3 is 26.8 Å². The molecule has 0 spiro atoms. The van der Waals surface area contributed by atoms with Crippen molar-refractivity contribution < 1.29 is 24.3 Å². The number of carboxylic acid groups (broad SMARTS) is 1. The third-order valence-electron chi connectivity index (χ3n) is 4.12. The number of hydrogen-bond acceptors (Lipinski definition) is 7. The monoisotopic (exact) mass is 456 g/mol. The van der Waals surface area contributed by atoms with E-state index in [-0.39, 0.29) is 25.1 Å². The van der Waals surface area contributed by atoms with Gasteiger partial charge in [0.2, 0.25) is 17.7 Å². The first-order valence-electron chi connectivity index (χ1n) is 9.28. The highest BCUT2D eigenvalue weighted by Gasteiger charge is 2.26. The molecule has 3 atom stereocenters. The lowest BCUT2D eigenvalue weighted by Crippen LogP contribution is -2.54. The number of benzene rings is 1. The van der Waals surface area contributed by atoms with Gasteiger partial charge in [0.25, 0.3) is 0 Å². The number of nitrogens with one attached hydrogen (secondary N) is 3. The van der Waals surface area contributed by atoms with Gasteiger partial charge in [0.15, 0.2) is 0 Å². The lowest BCUT2D eigenvalue weighted by atomic mass is 10.0. The van der Waals surface area contributed by atoms with Gasteiger partial charge in [0.1, 0.15) is 12.1 Å². The molecule has 3 unspecified atom stereocenters. The van der Waals surface area contributed by atoms with Crippen LogP contribution in [0.5, 0.6) is 0 Å². The Labute approximate surface area is 185 Å². The minimum Gasteiger partial charge on any atom is -0.480 e. The van der Waals surface area contributed by atoms with Gasteiger partial charge in [-0.15, -0.1) is 0 Å². The van der Waals surface area contributed by atoms with Crippen molar-refractivity contribution in [3.05, 3.63) is 35.9 Å². The van der Waals surface area contributed by atoms with Gasteiger partial charge in [-0.2, -0.15) is 24.4 Å². The highest BCUT2D eigenvalue weighted by atomic mass is 32.2. The molecule has 0 fully saturated rings. The summed E-state index contributed by atoms with van der Waals surface area (Å²) in [6.07, 6.45) is 2.26. The number of hydrogen-bond donors (Lipinski definition) is 6. The first kappa shape index (κ1) is 25.8. The zero-order valence-electron chi connectivity index (χ0n) is 16.7. The number of amides is 3. The Morgan fingerprint density at radius 3 is 2.33 bits per heavy atom. The zero-order valence-corrected chi connectivity index (χ0v) is 18.4. The first-order chi connectivity index (χ1) is 14.3. The molecule has 9 nitrogen and oxygen atoms in total. The predicted molar refractivity (Wildman–Crippen MR) is 119 cm³/mol. The molecule has 1 aromatic carbocycles. The highest BCUT2D eigenvalue weighted by molar-refractivity contribution is 7.98. The van der Waals surface area contributed by atoms with Gasteiger partial charge >= 0.3 is 5.97 Å². The molecule has 1 aromatic rings. The first-order valence-corrected chi connectivity index (χ1v) is 11.3. The quantitative estimate of drug-likeness (QED) is 0.217. The Kier molecular flexibility index (Phi) is 11.9. The van der Waals surface area contributed by atoms with Gasteiger partial charge in [-0.25, -0.2) is 4.79 Å². The molecule has 6 N–H and O–H groups in total. The number of thiol groups is 1. The summed E-state index contributed by atoms with van der Waals surface area (Å²) in [7, 11) is 0. The summed E-state index contributed by atoms with van der Waals surface area (Å²) in [5.74, 6) is -2.20. The summed E-state index contributed by atoms with van der Waals surface area (Å²) in [5, 5.41) is 16.8. The van der Waals surface area contributed by atoms with Crippen molar-refractivity contribution in [1.29, 1.82) is 0 Å². The Balaban J connectivity index is 2.82. The van der Waals surface area contributed by atoms with Crippen molar-refractivity contribution in [2.75, 3.05) is 24.3 Å². The third-order valence-corrected chi connectivity index (χ3v) is 5.15. The van der Waals surface area contributed by atoms with Gasteiger partial charge in [-0.05, 0) is 24.0 Å². The summed E-state index contributed by atoms with van der Waals surface area (Å²) in [5.41, 5.74) is 6.32. The van der Waals surface area contributed by atoms with Gasteiger partial charge in [0.05, 0.1) is 12.6 Å². The molecule has 166 valence electrons. The van der Waals surface area contributed by atoms with Crippen LogP contribution in [-0.2, 0) is 25.6 Å². The van der Waals surface area contributed by atoms with Crippen molar-refractivity contribution in [1.82, 2.24) is 16.0 Å². The fraction of sp³-hybridized carbons (Fsp3) is 0.474. The second-order valence-electron chi connectivity index (χ2n) is 6.50. The number of rotatable bonds is 13. The zero-order chi connectivity index (χ0) is 22.5. The largest absolute Gasteiger partial charge is 0.480 e. The second kappa shape index (κ2) is 13.9. The van der Waals surface area contributed by atoms with E-state index in [9.17, 15) is 24.3 Å². The molecule has 11 heteroatoms. The van der Waals surface area contributed by atoms with Crippen LogP contribution in [0.1, 0.15) is 12.0 Å². The molecule has 3 amide bonds. The van der Waals surface area contributed by atoms with Crippen molar-refractivity contribution in [3.63, 3.8) is 0 Å². The van der Waals surface area contributed by atoms with E-state index in [1.807, 2.05) is 12.3 Å². The number of aliphatic carboxylic acids is 1. The van der Waals surface area contributed by atoms with Crippen LogP contribution in [0.15, 0.2) is 30.3 Å². The number of carbonyl (C=O) groups excluding carboxylic acids is 3. The van der Waals surface area contributed by atoms with Crippen molar-refractivity contribution in [2.24, 2.45) is 5.73 Å². The van der Waals surface area contributed by atoms with E-state index < -0.39 is 41.8 Å². The van der Waals surface area contributed by atoms with Crippen LogP contribution in [0.3, 0.4) is 0 Å². The molecule has 1 rings (SSSR count). The molecule has 0 aromatic heterocycles. The van der Waals surface area contributed by atoms with Crippen LogP contribution in [0.2, 0.25) is 0 Å². The van der Waals surface area contributed by atoms with Gasteiger partial charge in [-0.1, -0.05) is 30.3 Å². The Bertz CT molecular complexity index is 720. The lowest BCUT2D eigenvalue weighted by molar-refractivity contribution is -0.142. The van der Waals surface area contributed by atoms with Crippen LogP contribution in [0.25, 0.3) is 0 Å². The molecule has 0 saturated heterocycles. The van der Waals surface area contributed by atoms with Gasteiger partial charge in [-0.3, -0.25) is 14.4 Å². The van der Waals surface area contributed by atoms with E-state index in [1.54, 1.807) is 24.3 Å². The summed E-state index contributed by atoms with van der Waals surface area (Å²) < 4.78 is 0. The fourth-order valence-corrected chi connectivity index (χ4v) is 3.09. The van der Waals surface area contributed by atoms with E-state index >= 15 is 0 Å². The Hall–Kier alpha value is -2.24. The SMILES string of the molecule is CSCCC(NC(=O)C(Cc1ccccc1)NC(=O)CNC(=O)C(N)CS)C(=O)O. The van der Waals surface area contributed by atoms with Crippen LogP contribution >= 0.6 is 24.4 Å². The van der Waals surface area contributed by atoms with E-state index in [0.29, 0.717) is 5.75 Å². The molecular weight excluding hydrogens is 428 g/mol. The minimum atomic E-state index is -1.14. The maximum Gasteiger partial charge on any atom is 0.326 e. The Morgan fingerprint density at radius 1 is 1.10 bits per heavy atom. The van der Waals surface area contributed by atoms with Crippen LogP contribution in [-0.4, -0.2) is 71.2 Å². The summed E-state index contributed by atoms with van der Waals surface area (Å²) >= 11 is 5.39. The van der Waals surface area contributed by atoms with Crippen LogP contribution < -0.4 is 21.7 Å². The minimum absolute atomic E-state index is 0.124. The van der Waals surface area contributed by atoms with Crippen molar-refractivity contribution >= 4 is 48.1 Å². The summed E-state index contributed by atoms with van der Waals surface area (Å²) in [4.78, 5) is 48.1. The molecule has 0 aliphatic carbocycles. The number of thioether (sulfide) groups is 1. The smallest absolute Gasteiger partial charge is 0.326 e. The number of carbonyl (C=O) groups is 4. The summed E-state index contributed by atoms with van der Waals surface area (Å²) in [6.45, 7) is -0.367.